The lowest BCUT2D eigenvalue weighted by Gasteiger charge is -2.09. The fraction of sp³-hybridized carbons (Fsp3) is 0.333. The van der Waals surface area contributed by atoms with Crippen molar-refractivity contribution < 1.29 is 9.21 Å². The molecular formula is C12H15N3O2S. The van der Waals surface area contributed by atoms with E-state index in [-0.39, 0.29) is 18.4 Å². The van der Waals surface area contributed by atoms with E-state index in [2.05, 4.69) is 10.3 Å². The highest BCUT2D eigenvalue weighted by molar-refractivity contribution is 7.13. The van der Waals surface area contributed by atoms with E-state index in [0.717, 1.165) is 4.88 Å². The lowest BCUT2D eigenvalue weighted by molar-refractivity contribution is -0.121. The van der Waals surface area contributed by atoms with Crippen LogP contribution < -0.4 is 11.1 Å². The Morgan fingerprint density at radius 2 is 2.50 bits per heavy atom. The van der Waals surface area contributed by atoms with Crippen molar-refractivity contribution in [2.24, 2.45) is 5.73 Å². The molecule has 1 amide bonds. The van der Waals surface area contributed by atoms with Crippen molar-refractivity contribution in [2.75, 3.05) is 6.54 Å². The maximum Gasteiger partial charge on any atom is 0.236 e. The van der Waals surface area contributed by atoms with Crippen LogP contribution in [0.5, 0.6) is 0 Å². The normalized spacial score (nSPS) is 12.3. The fourth-order valence-electron chi connectivity index (χ4n) is 1.45. The maximum atomic E-state index is 11.6. The molecule has 0 aliphatic heterocycles. The number of hydrogen-bond acceptors (Lipinski definition) is 5. The maximum absolute atomic E-state index is 11.6. The number of rotatable bonds is 5. The summed E-state index contributed by atoms with van der Waals surface area (Å²) in [5, 5.41) is 4.73. The number of carbonyl (C=O) groups is 1. The van der Waals surface area contributed by atoms with Crippen LogP contribution >= 0.6 is 11.3 Å². The lowest BCUT2D eigenvalue weighted by Crippen LogP contribution is -2.38. The lowest BCUT2D eigenvalue weighted by atomic mass is 10.3. The third kappa shape index (κ3) is 3.18. The zero-order chi connectivity index (χ0) is 13.0. The molecule has 2 rings (SSSR count). The zero-order valence-electron chi connectivity index (χ0n) is 10.1. The Labute approximate surface area is 109 Å². The van der Waals surface area contributed by atoms with Crippen LogP contribution in [0, 0.1) is 0 Å². The Balaban J connectivity index is 1.97. The molecule has 0 saturated heterocycles. The smallest absolute Gasteiger partial charge is 0.236 e. The highest BCUT2D eigenvalue weighted by Crippen LogP contribution is 2.23. The Kier molecular flexibility index (Phi) is 4.11. The average Bonchev–Trinajstić information content (AvgIpc) is 2.98. The molecule has 0 aliphatic carbocycles. The second-order valence-electron chi connectivity index (χ2n) is 4.00. The van der Waals surface area contributed by atoms with E-state index in [0.29, 0.717) is 18.1 Å². The van der Waals surface area contributed by atoms with Crippen molar-refractivity contribution in [1.29, 1.82) is 0 Å². The van der Waals surface area contributed by atoms with Gasteiger partial charge in [-0.2, -0.15) is 0 Å². The summed E-state index contributed by atoms with van der Waals surface area (Å²) in [5.74, 6) is 0.457. The van der Waals surface area contributed by atoms with Gasteiger partial charge in [0.1, 0.15) is 6.26 Å². The van der Waals surface area contributed by atoms with E-state index in [9.17, 15) is 4.79 Å². The fourth-order valence-corrected chi connectivity index (χ4v) is 2.11. The molecule has 0 unspecified atom stereocenters. The molecule has 96 valence electrons. The van der Waals surface area contributed by atoms with Gasteiger partial charge < -0.3 is 15.5 Å². The van der Waals surface area contributed by atoms with Gasteiger partial charge in [-0.3, -0.25) is 4.79 Å². The van der Waals surface area contributed by atoms with Crippen LogP contribution in [0.4, 0.5) is 0 Å². The molecule has 3 N–H and O–H groups in total. The summed E-state index contributed by atoms with van der Waals surface area (Å²) < 4.78 is 5.34. The van der Waals surface area contributed by atoms with Crippen molar-refractivity contribution in [3.05, 3.63) is 29.5 Å². The predicted molar refractivity (Wildman–Crippen MR) is 70.2 cm³/mol. The summed E-state index contributed by atoms with van der Waals surface area (Å²) in [6.45, 7) is 2.28. The molecule has 0 bridgehead atoms. The van der Waals surface area contributed by atoms with Crippen LogP contribution in [0.15, 0.2) is 28.2 Å². The minimum Gasteiger partial charge on any atom is -0.444 e. The molecular weight excluding hydrogens is 250 g/mol. The van der Waals surface area contributed by atoms with Gasteiger partial charge in [0.05, 0.1) is 17.0 Å². The van der Waals surface area contributed by atoms with Crippen LogP contribution in [-0.4, -0.2) is 23.5 Å². The van der Waals surface area contributed by atoms with Gasteiger partial charge in [-0.05, 0) is 18.4 Å². The molecule has 0 fully saturated rings. The third-order valence-electron chi connectivity index (χ3n) is 2.39. The first-order chi connectivity index (χ1) is 8.69. The van der Waals surface area contributed by atoms with Crippen LogP contribution in [0.25, 0.3) is 10.8 Å². The van der Waals surface area contributed by atoms with Gasteiger partial charge in [-0.25, -0.2) is 4.98 Å². The summed E-state index contributed by atoms with van der Waals surface area (Å²) in [4.78, 5) is 16.9. The van der Waals surface area contributed by atoms with Crippen molar-refractivity contribution in [3.63, 3.8) is 0 Å². The number of nitrogens with one attached hydrogen (secondary N) is 1. The van der Waals surface area contributed by atoms with Crippen LogP contribution in [0.3, 0.4) is 0 Å². The van der Waals surface area contributed by atoms with E-state index in [1.165, 1.54) is 6.26 Å². The SMILES string of the molecule is C[C@@H](CN)NC(=O)Cc1coc(-c2cccs2)n1. The molecule has 0 radical (unpaired) electrons. The molecule has 1 atom stereocenters. The molecule has 2 aromatic heterocycles. The third-order valence-corrected chi connectivity index (χ3v) is 3.24. The predicted octanol–water partition coefficient (Wildman–Crippen LogP) is 1.41. The summed E-state index contributed by atoms with van der Waals surface area (Å²) >= 11 is 1.55. The van der Waals surface area contributed by atoms with Crippen molar-refractivity contribution in [2.45, 2.75) is 19.4 Å². The second-order valence-corrected chi connectivity index (χ2v) is 4.95. The van der Waals surface area contributed by atoms with Gasteiger partial charge in [0.25, 0.3) is 0 Å². The van der Waals surface area contributed by atoms with E-state index >= 15 is 0 Å². The highest BCUT2D eigenvalue weighted by atomic mass is 32.1. The van der Waals surface area contributed by atoms with Gasteiger partial charge in [-0.15, -0.1) is 11.3 Å². The van der Waals surface area contributed by atoms with E-state index in [4.69, 9.17) is 10.2 Å². The Hall–Kier alpha value is -1.66. The monoisotopic (exact) mass is 265 g/mol. The Bertz CT molecular complexity index is 507. The van der Waals surface area contributed by atoms with Crippen molar-refractivity contribution >= 4 is 17.2 Å². The average molecular weight is 265 g/mol. The Morgan fingerprint density at radius 3 is 3.17 bits per heavy atom. The molecule has 0 spiro atoms. The number of carbonyl (C=O) groups excluding carboxylic acids is 1. The van der Waals surface area contributed by atoms with Gasteiger partial charge in [0.2, 0.25) is 11.8 Å². The van der Waals surface area contributed by atoms with Crippen LogP contribution in [0.2, 0.25) is 0 Å². The first kappa shape index (κ1) is 12.8. The molecule has 2 aromatic rings. The number of nitrogens with zero attached hydrogens (tertiary/aromatic N) is 1. The number of amides is 1. The molecule has 2 heterocycles. The number of thiophene rings is 1. The second kappa shape index (κ2) is 5.79. The molecule has 18 heavy (non-hydrogen) atoms. The van der Waals surface area contributed by atoms with Crippen molar-refractivity contribution in [1.82, 2.24) is 10.3 Å². The number of hydrogen-bond donors (Lipinski definition) is 2. The number of nitrogens with two attached hydrogens (primary N) is 1. The molecule has 0 saturated carbocycles. The first-order valence-electron chi connectivity index (χ1n) is 5.66. The minimum atomic E-state index is -0.0982. The molecule has 0 aromatic carbocycles. The van der Waals surface area contributed by atoms with E-state index < -0.39 is 0 Å². The standard InChI is InChI=1S/C12H15N3O2S/c1-8(6-13)14-11(16)5-9-7-17-12(15-9)10-3-2-4-18-10/h2-4,7-8H,5-6,13H2,1H3,(H,14,16)/t8-/m0/s1. The first-order valence-corrected chi connectivity index (χ1v) is 6.54. The number of aromatic nitrogens is 1. The largest absolute Gasteiger partial charge is 0.444 e. The van der Waals surface area contributed by atoms with Crippen molar-refractivity contribution in [3.8, 4) is 10.8 Å². The van der Waals surface area contributed by atoms with Crippen LogP contribution in [-0.2, 0) is 11.2 Å². The Morgan fingerprint density at radius 1 is 1.67 bits per heavy atom. The van der Waals surface area contributed by atoms with Gasteiger partial charge in [0, 0.05) is 12.6 Å². The minimum absolute atomic E-state index is 0.0267. The topological polar surface area (TPSA) is 81.1 Å². The summed E-state index contributed by atoms with van der Waals surface area (Å²) in [6.07, 6.45) is 1.72. The van der Waals surface area contributed by atoms with Gasteiger partial charge in [-0.1, -0.05) is 6.07 Å². The summed E-state index contributed by atoms with van der Waals surface area (Å²) in [7, 11) is 0. The van der Waals surface area contributed by atoms with E-state index in [1.54, 1.807) is 11.3 Å². The summed E-state index contributed by atoms with van der Waals surface area (Å²) in [5.41, 5.74) is 6.06. The molecule has 6 heteroatoms. The highest BCUT2D eigenvalue weighted by Gasteiger charge is 2.12. The van der Waals surface area contributed by atoms with Crippen LogP contribution in [0.1, 0.15) is 12.6 Å². The molecule has 5 nitrogen and oxygen atoms in total. The number of oxazole rings is 1. The summed E-state index contributed by atoms with van der Waals surface area (Å²) in [6, 6.07) is 3.83. The quantitative estimate of drug-likeness (QED) is 0.856. The van der Waals surface area contributed by atoms with Gasteiger partial charge >= 0.3 is 0 Å². The van der Waals surface area contributed by atoms with Gasteiger partial charge in [0.15, 0.2) is 0 Å². The van der Waals surface area contributed by atoms with E-state index in [1.807, 2.05) is 24.4 Å². The molecule has 0 aliphatic rings. The zero-order valence-corrected chi connectivity index (χ0v) is 10.9.